The van der Waals surface area contributed by atoms with Gasteiger partial charge in [0.05, 0.1) is 0 Å². The van der Waals surface area contributed by atoms with E-state index in [1.807, 2.05) is 18.2 Å². The summed E-state index contributed by atoms with van der Waals surface area (Å²) >= 11 is -2.07. The predicted octanol–water partition coefficient (Wildman–Crippen LogP) is 2.50. The summed E-state index contributed by atoms with van der Waals surface area (Å²) < 4.78 is 6.09. The van der Waals surface area contributed by atoms with Gasteiger partial charge in [0.2, 0.25) is 0 Å². The van der Waals surface area contributed by atoms with Crippen LogP contribution in [0.1, 0.15) is 10.4 Å². The van der Waals surface area contributed by atoms with E-state index in [-0.39, 0.29) is 5.97 Å². The molecule has 0 aliphatic carbocycles. The van der Waals surface area contributed by atoms with Crippen LogP contribution < -0.4 is 3.71 Å². The third-order valence-corrected chi connectivity index (χ3v) is 8.23. The molecule has 0 bridgehead atoms. The molecule has 0 aliphatic heterocycles. The van der Waals surface area contributed by atoms with Crippen molar-refractivity contribution in [1.29, 1.82) is 0 Å². The summed E-state index contributed by atoms with van der Waals surface area (Å²) in [6, 6.07) is 7.86. The van der Waals surface area contributed by atoms with Gasteiger partial charge in [0.1, 0.15) is 0 Å². The van der Waals surface area contributed by atoms with Crippen LogP contribution in [0.2, 0.25) is 14.8 Å². The number of hydrogen-bond donors (Lipinski definition) is 1. The van der Waals surface area contributed by atoms with Crippen molar-refractivity contribution >= 4 is 39.0 Å². The molecular weight excluding hydrogens is 321 g/mol. The SMILES string of the molecule is COC(=O)c1ccc2c[c]([Sn]([CH3])([CH3])[CH3])[nH]c2c1. The molecule has 3 nitrogen and oxygen atoms in total. The maximum atomic E-state index is 11.4. The summed E-state index contributed by atoms with van der Waals surface area (Å²) in [6.07, 6.45) is 0. The molecule has 2 aromatic rings. The van der Waals surface area contributed by atoms with E-state index in [2.05, 4.69) is 25.9 Å². The molecule has 1 heterocycles. The number of benzene rings is 1. The zero-order valence-corrected chi connectivity index (χ0v) is 13.5. The first kappa shape index (κ1) is 12.5. The van der Waals surface area contributed by atoms with Crippen molar-refractivity contribution < 1.29 is 9.53 Å². The molecule has 0 unspecified atom stereocenters. The quantitative estimate of drug-likeness (QED) is 0.675. The summed E-state index contributed by atoms with van der Waals surface area (Å²) in [4.78, 5) is 22.0. The van der Waals surface area contributed by atoms with Gasteiger partial charge < -0.3 is 0 Å². The molecular formula is C13H17NO2Sn. The van der Waals surface area contributed by atoms with Crippen LogP contribution in [-0.2, 0) is 4.74 Å². The van der Waals surface area contributed by atoms with E-state index < -0.39 is 18.4 Å². The van der Waals surface area contributed by atoms with Gasteiger partial charge in [-0.3, -0.25) is 0 Å². The van der Waals surface area contributed by atoms with E-state index in [0.29, 0.717) is 5.56 Å². The zero-order chi connectivity index (χ0) is 12.6. The second-order valence-electron chi connectivity index (χ2n) is 5.23. The summed E-state index contributed by atoms with van der Waals surface area (Å²) in [5, 5.41) is 1.17. The van der Waals surface area contributed by atoms with Gasteiger partial charge in [-0.15, -0.1) is 0 Å². The molecule has 0 amide bonds. The number of hydrogen-bond acceptors (Lipinski definition) is 2. The number of aromatic amines is 1. The van der Waals surface area contributed by atoms with Gasteiger partial charge in [-0.05, 0) is 0 Å². The first-order valence-electron chi connectivity index (χ1n) is 5.63. The maximum absolute atomic E-state index is 11.4. The average Bonchev–Trinajstić information content (AvgIpc) is 2.70. The van der Waals surface area contributed by atoms with Crippen LogP contribution in [0.4, 0.5) is 0 Å². The molecule has 0 radical (unpaired) electrons. The number of carbonyl (C=O) groups is 1. The topological polar surface area (TPSA) is 42.1 Å². The van der Waals surface area contributed by atoms with Crippen molar-refractivity contribution in [2.75, 3.05) is 7.11 Å². The Morgan fingerprint density at radius 2 is 1.94 bits per heavy atom. The first-order valence-corrected chi connectivity index (χ1v) is 15.6. The van der Waals surface area contributed by atoms with Crippen LogP contribution in [0.25, 0.3) is 10.9 Å². The Bertz CT molecular complexity index is 566. The van der Waals surface area contributed by atoms with E-state index in [9.17, 15) is 4.79 Å². The number of fused-ring (bicyclic) bond motifs is 1. The second-order valence-corrected chi connectivity index (χ2v) is 19.6. The Hall–Kier alpha value is -0.971. The molecule has 4 heteroatoms. The average molecular weight is 338 g/mol. The first-order chi connectivity index (χ1) is 7.91. The monoisotopic (exact) mass is 339 g/mol. The van der Waals surface area contributed by atoms with Crippen LogP contribution in [-0.4, -0.2) is 36.4 Å². The zero-order valence-electron chi connectivity index (χ0n) is 10.6. The fraction of sp³-hybridized carbons (Fsp3) is 0.308. The number of nitrogens with one attached hydrogen (secondary N) is 1. The molecule has 0 atom stereocenters. The van der Waals surface area contributed by atoms with E-state index in [1.165, 1.54) is 16.2 Å². The molecule has 17 heavy (non-hydrogen) atoms. The number of aromatic nitrogens is 1. The van der Waals surface area contributed by atoms with E-state index in [1.54, 1.807) is 0 Å². The number of rotatable bonds is 2. The van der Waals surface area contributed by atoms with Crippen LogP contribution >= 0.6 is 0 Å². The molecule has 90 valence electrons. The van der Waals surface area contributed by atoms with Crippen LogP contribution in [0.3, 0.4) is 0 Å². The van der Waals surface area contributed by atoms with Gasteiger partial charge in [0, 0.05) is 0 Å². The van der Waals surface area contributed by atoms with Crippen LogP contribution in [0.5, 0.6) is 0 Å². The van der Waals surface area contributed by atoms with Gasteiger partial charge in [0.25, 0.3) is 0 Å². The van der Waals surface area contributed by atoms with E-state index in [0.717, 1.165) is 5.52 Å². The standard InChI is InChI=1S/C10H8NO2.3CH3.Sn/c1-13-10(12)8-3-2-7-4-5-11-9(7)6-8;;;;/h2-4,6,11H,1H3;3*1H3;. The molecule has 0 spiro atoms. The number of H-pyrrole nitrogens is 1. The Labute approximate surface area is 105 Å². The van der Waals surface area contributed by atoms with Crippen molar-refractivity contribution in [2.24, 2.45) is 0 Å². The molecule has 0 aliphatic rings. The van der Waals surface area contributed by atoms with Crippen molar-refractivity contribution in [3.63, 3.8) is 0 Å². The molecule has 0 saturated heterocycles. The van der Waals surface area contributed by atoms with Gasteiger partial charge in [-0.1, -0.05) is 0 Å². The van der Waals surface area contributed by atoms with Crippen molar-refractivity contribution in [3.05, 3.63) is 29.8 Å². The molecule has 1 N–H and O–H groups in total. The molecule has 0 fully saturated rings. The normalized spacial score (nSPS) is 11.8. The van der Waals surface area contributed by atoms with Crippen molar-refractivity contribution in [3.8, 4) is 0 Å². The predicted molar refractivity (Wildman–Crippen MR) is 72.6 cm³/mol. The minimum atomic E-state index is -2.07. The molecule has 0 saturated carbocycles. The fourth-order valence-corrected chi connectivity index (χ4v) is 4.91. The third-order valence-electron chi connectivity index (χ3n) is 2.85. The minimum absolute atomic E-state index is 0.290. The summed E-state index contributed by atoms with van der Waals surface area (Å²) in [5.74, 6) is -0.290. The number of carbonyl (C=O) groups excluding carboxylic acids is 1. The summed E-state index contributed by atoms with van der Waals surface area (Å²) in [5.41, 5.74) is 1.62. The molecule has 2 rings (SSSR count). The van der Waals surface area contributed by atoms with Gasteiger partial charge in [0.15, 0.2) is 0 Å². The van der Waals surface area contributed by atoms with Crippen LogP contribution in [0, 0.1) is 0 Å². The molecule has 1 aromatic carbocycles. The third kappa shape index (κ3) is 2.49. The Morgan fingerprint density at radius 1 is 1.24 bits per heavy atom. The molecule has 1 aromatic heterocycles. The van der Waals surface area contributed by atoms with Gasteiger partial charge in [-0.2, -0.15) is 0 Å². The number of esters is 1. The Balaban J connectivity index is 2.52. The van der Waals surface area contributed by atoms with Crippen molar-refractivity contribution in [2.45, 2.75) is 14.8 Å². The van der Waals surface area contributed by atoms with Gasteiger partial charge in [-0.25, -0.2) is 0 Å². The van der Waals surface area contributed by atoms with E-state index >= 15 is 0 Å². The van der Waals surface area contributed by atoms with Gasteiger partial charge >= 0.3 is 105 Å². The van der Waals surface area contributed by atoms with Crippen LogP contribution in [0.15, 0.2) is 24.3 Å². The summed E-state index contributed by atoms with van der Waals surface area (Å²) in [6.45, 7) is 0. The Kier molecular flexibility index (Phi) is 3.21. The number of ether oxygens (including phenoxy) is 1. The number of methoxy groups -OCH3 is 1. The Morgan fingerprint density at radius 3 is 2.53 bits per heavy atom. The van der Waals surface area contributed by atoms with Crippen molar-refractivity contribution in [1.82, 2.24) is 4.98 Å². The second kappa shape index (κ2) is 4.37. The van der Waals surface area contributed by atoms with E-state index in [4.69, 9.17) is 4.74 Å². The summed E-state index contributed by atoms with van der Waals surface area (Å²) in [7, 11) is 1.40. The fourth-order valence-electron chi connectivity index (χ4n) is 1.78.